The Morgan fingerprint density at radius 1 is 0.618 bits per heavy atom. The van der Waals surface area contributed by atoms with Crippen molar-refractivity contribution in [2.45, 2.75) is 30.6 Å². The summed E-state index contributed by atoms with van der Waals surface area (Å²) in [6.45, 7) is 1.70. The number of imidazole rings is 1. The smallest absolute Gasteiger partial charge is 0.204 e. The maximum Gasteiger partial charge on any atom is 0.204 e. The van der Waals surface area contributed by atoms with Crippen molar-refractivity contribution in [2.75, 3.05) is 12.6 Å². The standard InChI is InChI=1S/C47H41N5O3/c1-33(53)45(55-40-30-18-23-36(31-40)41(34-19-8-3-9-20-34)35-21-10-4-11-22-35)52-32-48-42-43(51-54-2)49-46(50-44(42)52)47(37-24-12-5-13-25-37,38-26-14-6-15-27-38)39-28-16-7-17-29-39/h3-33,41,45,53H,1-2H3,(H,49,50,51)/t33?,45-/m0/s1. The van der Waals surface area contributed by atoms with Crippen LogP contribution in [0.4, 0.5) is 5.82 Å². The van der Waals surface area contributed by atoms with Crippen LogP contribution in [0.15, 0.2) is 182 Å². The van der Waals surface area contributed by atoms with Crippen molar-refractivity contribution in [3.8, 4) is 5.75 Å². The Bertz CT molecular complexity index is 2320. The SMILES string of the molecule is CONc1nc(C(c2ccccc2)(c2ccccc2)c2ccccc2)nc2c1ncn2[C@@H](Oc1cccc(C(c2ccccc2)c2ccccc2)c1)C(C)O. The number of ether oxygens (including phenoxy) is 1. The maximum atomic E-state index is 11.4. The van der Waals surface area contributed by atoms with E-state index in [1.165, 1.54) is 18.2 Å². The van der Waals surface area contributed by atoms with Crippen LogP contribution in [-0.4, -0.2) is 37.8 Å². The number of aromatic nitrogens is 4. The lowest BCUT2D eigenvalue weighted by molar-refractivity contribution is 0.00341. The molecule has 2 aromatic heterocycles. The predicted octanol–water partition coefficient (Wildman–Crippen LogP) is 9.32. The fraction of sp³-hybridized carbons (Fsp3) is 0.128. The molecule has 8 aromatic rings. The van der Waals surface area contributed by atoms with E-state index in [0.717, 1.165) is 22.3 Å². The van der Waals surface area contributed by atoms with Crippen molar-refractivity contribution in [1.82, 2.24) is 19.5 Å². The molecule has 2 heterocycles. The first-order valence-electron chi connectivity index (χ1n) is 18.3. The van der Waals surface area contributed by atoms with E-state index in [1.807, 2.05) is 84.9 Å². The summed E-state index contributed by atoms with van der Waals surface area (Å²) in [6, 6.07) is 59.7. The largest absolute Gasteiger partial charge is 0.467 e. The summed E-state index contributed by atoms with van der Waals surface area (Å²) in [4.78, 5) is 20.7. The molecule has 0 saturated carbocycles. The lowest BCUT2D eigenvalue weighted by Crippen LogP contribution is -2.34. The minimum Gasteiger partial charge on any atom is -0.467 e. The van der Waals surface area contributed by atoms with Gasteiger partial charge >= 0.3 is 0 Å². The Labute approximate surface area is 320 Å². The molecular weight excluding hydrogens is 683 g/mol. The van der Waals surface area contributed by atoms with Crippen LogP contribution in [0.3, 0.4) is 0 Å². The second-order valence-electron chi connectivity index (χ2n) is 13.5. The maximum absolute atomic E-state index is 11.4. The Hall–Kier alpha value is -6.61. The first-order chi connectivity index (χ1) is 27.1. The van der Waals surface area contributed by atoms with Gasteiger partial charge in [-0.25, -0.2) is 20.4 Å². The molecule has 0 aliphatic carbocycles. The van der Waals surface area contributed by atoms with Gasteiger partial charge in [0, 0.05) is 5.92 Å². The normalized spacial score (nSPS) is 12.7. The zero-order valence-electron chi connectivity index (χ0n) is 30.6. The van der Waals surface area contributed by atoms with Crippen molar-refractivity contribution in [2.24, 2.45) is 0 Å². The number of hydrogen-bond donors (Lipinski definition) is 2. The highest BCUT2D eigenvalue weighted by Crippen LogP contribution is 2.45. The van der Waals surface area contributed by atoms with Gasteiger partial charge in [0.2, 0.25) is 6.23 Å². The van der Waals surface area contributed by atoms with Crippen LogP contribution in [0.1, 0.15) is 58.3 Å². The van der Waals surface area contributed by atoms with Gasteiger partial charge in [-0.2, -0.15) is 0 Å². The topological polar surface area (TPSA) is 94.3 Å². The summed E-state index contributed by atoms with van der Waals surface area (Å²) in [7, 11) is 1.54. The van der Waals surface area contributed by atoms with Gasteiger partial charge in [0.15, 0.2) is 22.8 Å². The monoisotopic (exact) mass is 723 g/mol. The van der Waals surface area contributed by atoms with Crippen molar-refractivity contribution in [3.05, 3.63) is 221 Å². The van der Waals surface area contributed by atoms with Gasteiger partial charge < -0.3 is 9.84 Å². The number of nitrogens with one attached hydrogen (secondary N) is 1. The van der Waals surface area contributed by atoms with E-state index < -0.39 is 17.7 Å². The van der Waals surface area contributed by atoms with E-state index in [1.54, 1.807) is 17.8 Å². The lowest BCUT2D eigenvalue weighted by Gasteiger charge is -2.35. The van der Waals surface area contributed by atoms with Crippen LogP contribution in [0.25, 0.3) is 11.2 Å². The zero-order valence-corrected chi connectivity index (χ0v) is 30.6. The molecule has 0 aliphatic heterocycles. The van der Waals surface area contributed by atoms with Crippen LogP contribution in [0.2, 0.25) is 0 Å². The second kappa shape index (κ2) is 15.8. The number of aliphatic hydroxyl groups is 1. The molecule has 2 atom stereocenters. The number of fused-ring (bicyclic) bond motifs is 1. The molecule has 0 bridgehead atoms. The summed E-state index contributed by atoms with van der Waals surface area (Å²) in [5.41, 5.74) is 9.28. The van der Waals surface area contributed by atoms with Crippen molar-refractivity contribution in [1.29, 1.82) is 0 Å². The summed E-state index contributed by atoms with van der Waals surface area (Å²) in [5.74, 6) is 1.45. The molecule has 0 radical (unpaired) electrons. The molecule has 6 aromatic carbocycles. The van der Waals surface area contributed by atoms with E-state index in [9.17, 15) is 5.11 Å². The molecule has 55 heavy (non-hydrogen) atoms. The first kappa shape index (κ1) is 35.4. The van der Waals surface area contributed by atoms with Gasteiger partial charge in [-0.1, -0.05) is 164 Å². The van der Waals surface area contributed by atoms with E-state index >= 15 is 0 Å². The Morgan fingerprint density at radius 2 is 1.11 bits per heavy atom. The van der Waals surface area contributed by atoms with Crippen LogP contribution in [-0.2, 0) is 10.3 Å². The van der Waals surface area contributed by atoms with Crippen molar-refractivity contribution in [3.63, 3.8) is 0 Å². The molecule has 0 fully saturated rings. The van der Waals surface area contributed by atoms with Crippen LogP contribution >= 0.6 is 0 Å². The van der Waals surface area contributed by atoms with E-state index in [0.29, 0.717) is 28.6 Å². The fourth-order valence-corrected chi connectivity index (χ4v) is 7.55. The van der Waals surface area contributed by atoms with Gasteiger partial charge in [-0.15, -0.1) is 0 Å². The molecule has 0 saturated heterocycles. The van der Waals surface area contributed by atoms with Gasteiger partial charge in [-0.3, -0.25) is 9.40 Å². The minimum atomic E-state index is -0.959. The van der Waals surface area contributed by atoms with Crippen molar-refractivity contribution >= 4 is 17.0 Å². The molecule has 272 valence electrons. The van der Waals surface area contributed by atoms with E-state index in [-0.39, 0.29) is 5.92 Å². The number of hydrogen-bond acceptors (Lipinski definition) is 7. The number of aliphatic hydroxyl groups excluding tert-OH is 1. The highest BCUT2D eigenvalue weighted by atomic mass is 16.6. The van der Waals surface area contributed by atoms with Gasteiger partial charge in [0.1, 0.15) is 23.6 Å². The average Bonchev–Trinajstić information content (AvgIpc) is 3.67. The molecule has 0 aliphatic rings. The summed E-state index contributed by atoms with van der Waals surface area (Å²) in [6.07, 6.45) is -0.221. The zero-order chi connectivity index (χ0) is 37.6. The van der Waals surface area contributed by atoms with Gasteiger partial charge in [-0.05, 0) is 52.4 Å². The van der Waals surface area contributed by atoms with Gasteiger partial charge in [0.25, 0.3) is 0 Å². The number of nitrogens with zero attached hydrogens (tertiary/aromatic N) is 4. The Morgan fingerprint density at radius 3 is 1.60 bits per heavy atom. The minimum absolute atomic E-state index is 0.0231. The average molecular weight is 724 g/mol. The molecule has 1 unspecified atom stereocenters. The fourth-order valence-electron chi connectivity index (χ4n) is 7.55. The van der Waals surface area contributed by atoms with Crippen LogP contribution < -0.4 is 10.2 Å². The number of anilines is 1. The molecule has 2 N–H and O–H groups in total. The molecular formula is C47H41N5O3. The second-order valence-corrected chi connectivity index (χ2v) is 13.5. The number of benzene rings is 6. The third-order valence-corrected chi connectivity index (χ3v) is 9.98. The number of rotatable bonds is 13. The molecule has 8 heteroatoms. The third kappa shape index (κ3) is 6.85. The predicted molar refractivity (Wildman–Crippen MR) is 216 cm³/mol. The molecule has 0 amide bonds. The van der Waals surface area contributed by atoms with Crippen molar-refractivity contribution < 1.29 is 14.7 Å². The summed E-state index contributed by atoms with van der Waals surface area (Å²) in [5, 5.41) is 11.4. The first-order valence-corrected chi connectivity index (χ1v) is 18.3. The highest BCUT2D eigenvalue weighted by Gasteiger charge is 2.42. The summed E-state index contributed by atoms with van der Waals surface area (Å²) < 4.78 is 8.51. The quantitative estimate of drug-likeness (QED) is 0.0905. The molecule has 8 nitrogen and oxygen atoms in total. The van der Waals surface area contributed by atoms with Gasteiger partial charge in [0.05, 0.1) is 7.11 Å². The van der Waals surface area contributed by atoms with E-state index in [4.69, 9.17) is 24.5 Å². The van der Waals surface area contributed by atoms with Crippen LogP contribution in [0.5, 0.6) is 5.75 Å². The third-order valence-electron chi connectivity index (χ3n) is 9.98. The highest BCUT2D eigenvalue weighted by molar-refractivity contribution is 5.83. The van der Waals surface area contributed by atoms with E-state index in [2.05, 4.69) is 96.5 Å². The van der Waals surface area contributed by atoms with Crippen LogP contribution in [0, 0.1) is 0 Å². The Kier molecular flexibility index (Phi) is 10.2. The lowest BCUT2D eigenvalue weighted by atomic mass is 9.68. The Balaban J connectivity index is 1.29. The molecule has 8 rings (SSSR count). The molecule has 0 spiro atoms. The summed E-state index contributed by atoms with van der Waals surface area (Å²) >= 11 is 0.